The van der Waals surface area contributed by atoms with Crippen molar-refractivity contribution in [3.63, 3.8) is 0 Å². The highest BCUT2D eigenvalue weighted by Crippen LogP contribution is 2.24. The SMILES string of the molecule is Cc1cccc(OC(C)CN=C(N)NCC2CCC2)c1. The standard InChI is InChI=1S/C16H25N3O/c1-12-5-3-8-15(9-12)20-13(2)10-18-16(17)19-11-14-6-4-7-14/h3,5,8-9,13-14H,4,6-7,10-11H2,1-2H3,(H3,17,18,19). The maximum Gasteiger partial charge on any atom is 0.188 e. The van der Waals surface area contributed by atoms with Gasteiger partial charge in [0.25, 0.3) is 0 Å². The van der Waals surface area contributed by atoms with Crippen LogP contribution in [0.4, 0.5) is 0 Å². The van der Waals surface area contributed by atoms with Gasteiger partial charge in [-0.05, 0) is 50.3 Å². The average Bonchev–Trinajstić information content (AvgIpc) is 2.34. The summed E-state index contributed by atoms with van der Waals surface area (Å²) in [4.78, 5) is 4.33. The third-order valence-electron chi connectivity index (χ3n) is 3.64. The van der Waals surface area contributed by atoms with Crippen LogP contribution in [0.5, 0.6) is 5.75 Å². The van der Waals surface area contributed by atoms with Crippen molar-refractivity contribution in [2.75, 3.05) is 13.1 Å². The number of hydrogen-bond donors (Lipinski definition) is 2. The Bertz CT molecular complexity index is 455. The topological polar surface area (TPSA) is 59.6 Å². The smallest absolute Gasteiger partial charge is 0.188 e. The highest BCUT2D eigenvalue weighted by atomic mass is 16.5. The van der Waals surface area contributed by atoms with Crippen molar-refractivity contribution in [3.8, 4) is 5.75 Å². The fourth-order valence-electron chi connectivity index (χ4n) is 2.19. The van der Waals surface area contributed by atoms with E-state index in [2.05, 4.69) is 23.3 Å². The van der Waals surface area contributed by atoms with E-state index in [-0.39, 0.29) is 6.10 Å². The lowest BCUT2D eigenvalue weighted by Gasteiger charge is -2.25. The number of hydrogen-bond acceptors (Lipinski definition) is 2. The molecule has 1 aromatic rings. The average molecular weight is 275 g/mol. The van der Waals surface area contributed by atoms with Gasteiger partial charge < -0.3 is 15.8 Å². The molecule has 0 radical (unpaired) electrons. The van der Waals surface area contributed by atoms with E-state index < -0.39 is 0 Å². The highest BCUT2D eigenvalue weighted by Gasteiger charge is 2.16. The van der Waals surface area contributed by atoms with Gasteiger partial charge in [0.05, 0.1) is 6.54 Å². The third kappa shape index (κ3) is 4.76. The van der Waals surface area contributed by atoms with Gasteiger partial charge >= 0.3 is 0 Å². The van der Waals surface area contributed by atoms with Crippen molar-refractivity contribution in [3.05, 3.63) is 29.8 Å². The highest BCUT2D eigenvalue weighted by molar-refractivity contribution is 5.77. The molecule has 2 rings (SSSR count). The van der Waals surface area contributed by atoms with Gasteiger partial charge in [-0.3, -0.25) is 0 Å². The lowest BCUT2D eigenvalue weighted by molar-refractivity contribution is 0.230. The van der Waals surface area contributed by atoms with Crippen LogP contribution in [0.2, 0.25) is 0 Å². The maximum atomic E-state index is 5.85. The fraction of sp³-hybridized carbons (Fsp3) is 0.562. The minimum absolute atomic E-state index is 0.0147. The molecule has 1 atom stereocenters. The quantitative estimate of drug-likeness (QED) is 0.619. The van der Waals surface area contributed by atoms with Crippen molar-refractivity contribution in [1.82, 2.24) is 5.32 Å². The molecule has 1 unspecified atom stereocenters. The number of ether oxygens (including phenoxy) is 1. The number of benzene rings is 1. The van der Waals surface area contributed by atoms with E-state index >= 15 is 0 Å². The summed E-state index contributed by atoms with van der Waals surface area (Å²) in [6.45, 7) is 5.57. The minimum atomic E-state index is 0.0147. The van der Waals surface area contributed by atoms with Gasteiger partial charge in [-0.1, -0.05) is 18.6 Å². The van der Waals surface area contributed by atoms with Crippen LogP contribution < -0.4 is 15.8 Å². The van der Waals surface area contributed by atoms with Crippen LogP contribution in [0.15, 0.2) is 29.3 Å². The monoisotopic (exact) mass is 275 g/mol. The summed E-state index contributed by atoms with van der Waals surface area (Å²) in [7, 11) is 0. The molecule has 1 aromatic carbocycles. The molecule has 0 aromatic heterocycles. The van der Waals surface area contributed by atoms with Crippen molar-refractivity contribution in [1.29, 1.82) is 0 Å². The summed E-state index contributed by atoms with van der Waals surface area (Å²) in [5.74, 6) is 2.19. The van der Waals surface area contributed by atoms with Crippen molar-refractivity contribution < 1.29 is 4.74 Å². The van der Waals surface area contributed by atoms with Crippen LogP contribution in [0.3, 0.4) is 0 Å². The summed E-state index contributed by atoms with van der Waals surface area (Å²) in [5.41, 5.74) is 7.04. The molecule has 1 aliphatic rings. The van der Waals surface area contributed by atoms with Crippen LogP contribution >= 0.6 is 0 Å². The molecule has 1 saturated carbocycles. The molecule has 1 aliphatic carbocycles. The first-order valence-corrected chi connectivity index (χ1v) is 7.40. The van der Waals surface area contributed by atoms with Crippen molar-refractivity contribution in [2.45, 2.75) is 39.2 Å². The molecule has 3 N–H and O–H groups in total. The number of rotatable bonds is 6. The molecule has 0 bridgehead atoms. The zero-order chi connectivity index (χ0) is 14.4. The summed E-state index contributed by atoms with van der Waals surface area (Å²) in [6, 6.07) is 8.04. The fourth-order valence-corrected chi connectivity index (χ4v) is 2.19. The molecule has 0 heterocycles. The van der Waals surface area contributed by atoms with E-state index in [1.807, 2.05) is 25.1 Å². The molecule has 0 saturated heterocycles. The minimum Gasteiger partial charge on any atom is -0.489 e. The van der Waals surface area contributed by atoms with Gasteiger partial charge in [-0.2, -0.15) is 0 Å². The molecule has 20 heavy (non-hydrogen) atoms. The number of aliphatic imine (C=N–C) groups is 1. The Labute approximate surface area is 121 Å². The first-order valence-electron chi connectivity index (χ1n) is 7.40. The Morgan fingerprint density at radius 3 is 2.95 bits per heavy atom. The predicted octanol–water partition coefficient (Wildman–Crippen LogP) is 2.47. The Morgan fingerprint density at radius 2 is 2.30 bits per heavy atom. The van der Waals surface area contributed by atoms with E-state index in [1.165, 1.54) is 24.8 Å². The summed E-state index contributed by atoms with van der Waals surface area (Å²) < 4.78 is 5.81. The Balaban J connectivity index is 1.71. The molecule has 0 aliphatic heterocycles. The maximum absolute atomic E-state index is 5.85. The largest absolute Gasteiger partial charge is 0.489 e. The van der Waals surface area contributed by atoms with Crippen LogP contribution in [-0.4, -0.2) is 25.2 Å². The second kappa shape index (κ2) is 7.17. The second-order valence-corrected chi connectivity index (χ2v) is 5.65. The van der Waals surface area contributed by atoms with Crippen molar-refractivity contribution >= 4 is 5.96 Å². The molecule has 0 spiro atoms. The normalized spacial score (nSPS) is 17.4. The number of aryl methyl sites for hydroxylation is 1. The second-order valence-electron chi connectivity index (χ2n) is 5.65. The van der Waals surface area contributed by atoms with Crippen LogP contribution in [0.25, 0.3) is 0 Å². The predicted molar refractivity (Wildman–Crippen MR) is 83.1 cm³/mol. The number of nitrogens with zero attached hydrogens (tertiary/aromatic N) is 1. The van der Waals surface area contributed by atoms with Gasteiger partial charge in [0.15, 0.2) is 5.96 Å². The van der Waals surface area contributed by atoms with Gasteiger partial charge in [0.2, 0.25) is 0 Å². The van der Waals surface area contributed by atoms with Crippen LogP contribution in [-0.2, 0) is 0 Å². The number of nitrogens with two attached hydrogens (primary N) is 1. The Hall–Kier alpha value is -1.71. The molecule has 1 fully saturated rings. The first kappa shape index (κ1) is 14.7. The lowest BCUT2D eigenvalue weighted by atomic mass is 9.85. The number of nitrogens with one attached hydrogen (secondary N) is 1. The van der Waals surface area contributed by atoms with E-state index in [4.69, 9.17) is 10.5 Å². The van der Waals surface area contributed by atoms with Crippen LogP contribution in [0, 0.1) is 12.8 Å². The van der Waals surface area contributed by atoms with E-state index in [0.717, 1.165) is 18.2 Å². The first-order chi connectivity index (χ1) is 9.63. The molecule has 0 amide bonds. The molecule has 110 valence electrons. The van der Waals surface area contributed by atoms with Gasteiger partial charge in [-0.15, -0.1) is 0 Å². The molecular formula is C16H25N3O. The van der Waals surface area contributed by atoms with E-state index in [1.54, 1.807) is 0 Å². The summed E-state index contributed by atoms with van der Waals surface area (Å²) in [5, 5.41) is 3.19. The van der Waals surface area contributed by atoms with Gasteiger partial charge in [0.1, 0.15) is 11.9 Å². The van der Waals surface area contributed by atoms with Crippen molar-refractivity contribution in [2.24, 2.45) is 16.6 Å². The Morgan fingerprint density at radius 1 is 1.50 bits per heavy atom. The molecular weight excluding hydrogens is 250 g/mol. The van der Waals surface area contributed by atoms with Gasteiger partial charge in [-0.25, -0.2) is 4.99 Å². The van der Waals surface area contributed by atoms with E-state index in [9.17, 15) is 0 Å². The zero-order valence-corrected chi connectivity index (χ0v) is 12.4. The molecule has 4 heteroatoms. The lowest BCUT2D eigenvalue weighted by Crippen LogP contribution is -2.37. The number of guanidine groups is 1. The Kier molecular flexibility index (Phi) is 5.27. The summed E-state index contributed by atoms with van der Waals surface area (Å²) >= 11 is 0. The summed E-state index contributed by atoms with van der Waals surface area (Å²) in [6.07, 6.45) is 3.99. The van der Waals surface area contributed by atoms with Crippen LogP contribution in [0.1, 0.15) is 31.7 Å². The third-order valence-corrected chi connectivity index (χ3v) is 3.64. The van der Waals surface area contributed by atoms with Gasteiger partial charge in [0, 0.05) is 6.54 Å². The van der Waals surface area contributed by atoms with E-state index in [0.29, 0.717) is 12.5 Å². The molecule has 4 nitrogen and oxygen atoms in total. The zero-order valence-electron chi connectivity index (χ0n) is 12.4.